The van der Waals surface area contributed by atoms with Gasteiger partial charge in [0.1, 0.15) is 25.3 Å². The number of halogens is 2. The van der Waals surface area contributed by atoms with Gasteiger partial charge in [-0.15, -0.1) is 0 Å². The van der Waals surface area contributed by atoms with Gasteiger partial charge in [-0.1, -0.05) is 44.9 Å². The van der Waals surface area contributed by atoms with Crippen molar-refractivity contribution >= 4 is 40.1 Å². The van der Waals surface area contributed by atoms with Gasteiger partial charge < -0.3 is 28.5 Å². The van der Waals surface area contributed by atoms with Crippen LogP contribution in [0, 0.1) is 57.7 Å². The zero-order valence-corrected chi connectivity index (χ0v) is 32.8. The lowest BCUT2D eigenvalue weighted by atomic mass is 9.49. The van der Waals surface area contributed by atoms with Crippen LogP contribution in [-0.2, 0) is 57.8 Å². The quantitative estimate of drug-likeness (QED) is 0.0932. The van der Waals surface area contributed by atoms with Crippen molar-refractivity contribution in [3.05, 3.63) is 0 Å². The lowest BCUT2D eigenvalue weighted by Gasteiger charge is -2.54. The zero-order valence-electron chi connectivity index (χ0n) is 32.0. The summed E-state index contributed by atoms with van der Waals surface area (Å²) in [5.74, 6) is -2.99. The van der Waals surface area contributed by atoms with Crippen LogP contribution in [0.1, 0.15) is 116 Å². The van der Waals surface area contributed by atoms with E-state index >= 15 is 0 Å². The van der Waals surface area contributed by atoms with Crippen LogP contribution in [-0.4, -0.2) is 87.5 Å². The van der Waals surface area contributed by atoms with Crippen LogP contribution in [0.2, 0.25) is 0 Å². The van der Waals surface area contributed by atoms with E-state index in [1.807, 2.05) is 0 Å². The summed E-state index contributed by atoms with van der Waals surface area (Å²) in [5.41, 5.74) is -2.62. The molecular formula is C40H56F2O13S. The van der Waals surface area contributed by atoms with Crippen molar-refractivity contribution in [1.29, 1.82) is 0 Å². The second-order valence-corrected chi connectivity index (χ2v) is 20.1. The Bertz CT molecular complexity index is 1570. The van der Waals surface area contributed by atoms with E-state index in [9.17, 15) is 41.2 Å². The van der Waals surface area contributed by atoms with Crippen LogP contribution in [0.4, 0.5) is 8.78 Å². The summed E-state index contributed by atoms with van der Waals surface area (Å²) in [4.78, 5) is 64.6. The van der Waals surface area contributed by atoms with Crippen molar-refractivity contribution in [1.82, 2.24) is 0 Å². The van der Waals surface area contributed by atoms with Gasteiger partial charge in [-0.05, 0) is 88.4 Å². The molecule has 0 aromatic heterocycles. The number of rotatable bonds is 15. The SMILES string of the molecule is O=CC1CC2CCCC(C(=O)OCC3(COC(=O)C45CC6CC(C4)C(=O)C(C6)C5)COC(C(CCOC(=O)C(F)(F)S(=O)(=O)O)CC4CCCCC4)OC3)(C1)C2. The summed E-state index contributed by atoms with van der Waals surface area (Å²) in [7, 11) is -6.02. The minimum atomic E-state index is -6.02. The van der Waals surface area contributed by atoms with E-state index in [2.05, 4.69) is 4.74 Å². The molecule has 1 saturated heterocycles. The van der Waals surface area contributed by atoms with E-state index in [1.54, 1.807) is 0 Å². The third-order valence-corrected chi connectivity index (χ3v) is 15.3. The second kappa shape index (κ2) is 16.2. The van der Waals surface area contributed by atoms with E-state index in [0.29, 0.717) is 50.9 Å². The van der Waals surface area contributed by atoms with E-state index < -0.39 is 56.4 Å². The highest BCUT2D eigenvalue weighted by Crippen LogP contribution is 2.59. The van der Waals surface area contributed by atoms with Gasteiger partial charge in [0.2, 0.25) is 0 Å². The van der Waals surface area contributed by atoms with E-state index in [4.69, 9.17) is 23.5 Å². The molecule has 0 amide bonds. The molecule has 6 bridgehead atoms. The van der Waals surface area contributed by atoms with Gasteiger partial charge in [0.15, 0.2) is 6.29 Å². The predicted molar refractivity (Wildman–Crippen MR) is 191 cm³/mol. The normalized spacial score (nSPS) is 37.7. The number of hydrogen-bond donors (Lipinski definition) is 1. The van der Waals surface area contributed by atoms with Crippen LogP contribution >= 0.6 is 0 Å². The Morgan fingerprint density at radius 3 is 2.09 bits per heavy atom. The average Bonchev–Trinajstić information content (AvgIpc) is 3.17. The third-order valence-electron chi connectivity index (χ3n) is 14.4. The molecule has 8 aliphatic rings. The summed E-state index contributed by atoms with van der Waals surface area (Å²) < 4.78 is 88.3. The highest BCUT2D eigenvalue weighted by atomic mass is 32.2. The summed E-state index contributed by atoms with van der Waals surface area (Å²) in [6.45, 7) is -1.04. The fourth-order valence-electron chi connectivity index (χ4n) is 11.8. The van der Waals surface area contributed by atoms with Gasteiger partial charge in [-0.2, -0.15) is 17.2 Å². The summed E-state index contributed by atoms with van der Waals surface area (Å²) in [5, 5.41) is -5.12. The molecule has 0 spiro atoms. The standard InChI is InChI=1S/C40H56F2O13S/c41-40(42,56(48,49)50)36(47)51-10-8-29(12-25-5-2-1-3-6-25)33-52-21-37(22-53-33,23-54-34(45)38-9-4-7-26(15-38)11-28(17-38)20-43)24-55-35(46)39-16-27-13-30(18-39)32(44)31(14-27)19-39/h20,25-31,33H,1-19,21-24H2,(H,48,49,50). The summed E-state index contributed by atoms with van der Waals surface area (Å²) in [6, 6.07) is 0. The van der Waals surface area contributed by atoms with Gasteiger partial charge in [0, 0.05) is 23.7 Å². The predicted octanol–water partition coefficient (Wildman–Crippen LogP) is 5.61. The van der Waals surface area contributed by atoms with Gasteiger partial charge in [-0.25, -0.2) is 4.79 Å². The summed E-state index contributed by atoms with van der Waals surface area (Å²) >= 11 is 0. The van der Waals surface area contributed by atoms with Crippen LogP contribution in [0.5, 0.6) is 0 Å². The minimum absolute atomic E-state index is 0.00222. The fraction of sp³-hybridized carbons (Fsp3) is 0.875. The van der Waals surface area contributed by atoms with Crippen molar-refractivity contribution in [3.63, 3.8) is 0 Å². The first-order valence-electron chi connectivity index (χ1n) is 20.6. The first-order chi connectivity index (χ1) is 26.6. The number of carbonyl (C=O) groups is 5. The molecule has 6 atom stereocenters. The molecule has 0 aromatic carbocycles. The number of aldehydes is 1. The van der Waals surface area contributed by atoms with Crippen molar-refractivity contribution in [2.45, 2.75) is 127 Å². The summed E-state index contributed by atoms with van der Waals surface area (Å²) in [6.07, 6.45) is 13.1. The minimum Gasteiger partial charge on any atom is -0.464 e. The molecule has 0 aromatic rings. The first kappa shape index (κ1) is 41.6. The molecule has 8 fully saturated rings. The number of alkyl halides is 2. The molecule has 16 heteroatoms. The number of esters is 3. The Morgan fingerprint density at radius 2 is 1.46 bits per heavy atom. The third kappa shape index (κ3) is 8.45. The van der Waals surface area contributed by atoms with Gasteiger partial charge in [0.25, 0.3) is 0 Å². The maximum atomic E-state index is 14.0. The maximum absolute atomic E-state index is 14.0. The molecule has 0 radical (unpaired) electrons. The number of hydrogen-bond acceptors (Lipinski definition) is 12. The van der Waals surface area contributed by atoms with Gasteiger partial charge >= 0.3 is 33.3 Å². The van der Waals surface area contributed by atoms with Gasteiger partial charge in [0.05, 0.1) is 36.1 Å². The highest BCUT2D eigenvalue weighted by molar-refractivity contribution is 7.87. The number of carbonyl (C=O) groups excluding carboxylic acids is 5. The molecule has 13 nitrogen and oxygen atoms in total. The largest absolute Gasteiger partial charge is 0.465 e. The average molecular weight is 815 g/mol. The van der Waals surface area contributed by atoms with Crippen LogP contribution in [0.25, 0.3) is 0 Å². The monoisotopic (exact) mass is 814 g/mol. The van der Waals surface area contributed by atoms with Crippen molar-refractivity contribution < 1.29 is 69.4 Å². The molecule has 1 aliphatic heterocycles. The van der Waals surface area contributed by atoms with Crippen molar-refractivity contribution in [2.75, 3.05) is 33.0 Å². The van der Waals surface area contributed by atoms with Crippen LogP contribution in [0.15, 0.2) is 0 Å². The number of Topliss-reactive ketones (excluding diaryl/α,β-unsaturated/α-hetero) is 1. The molecule has 7 saturated carbocycles. The van der Waals surface area contributed by atoms with Crippen molar-refractivity contribution in [3.8, 4) is 0 Å². The van der Waals surface area contributed by atoms with Crippen LogP contribution in [0.3, 0.4) is 0 Å². The van der Waals surface area contributed by atoms with E-state index in [-0.39, 0.29) is 80.2 Å². The molecule has 7 aliphatic carbocycles. The fourth-order valence-corrected chi connectivity index (χ4v) is 12.1. The number of ether oxygens (including phenoxy) is 5. The smallest absolute Gasteiger partial charge is 0.464 e. The Labute approximate surface area is 326 Å². The van der Waals surface area contributed by atoms with E-state index in [1.165, 1.54) is 0 Å². The molecule has 1 N–H and O–H groups in total. The molecular weight excluding hydrogens is 758 g/mol. The molecule has 56 heavy (non-hydrogen) atoms. The first-order valence-corrected chi connectivity index (χ1v) is 22.1. The molecule has 1 heterocycles. The Morgan fingerprint density at radius 1 is 0.839 bits per heavy atom. The Kier molecular flexibility index (Phi) is 12.1. The Balaban J connectivity index is 1.05. The molecule has 6 unspecified atom stereocenters. The molecule has 314 valence electrons. The Hall–Kier alpha value is -2.56. The van der Waals surface area contributed by atoms with E-state index in [0.717, 1.165) is 70.5 Å². The van der Waals surface area contributed by atoms with Gasteiger partial charge in [-0.3, -0.25) is 18.9 Å². The van der Waals surface area contributed by atoms with Crippen LogP contribution < -0.4 is 0 Å². The molecule has 8 rings (SSSR count). The lowest BCUT2D eigenvalue weighted by Crippen LogP contribution is -2.56. The maximum Gasteiger partial charge on any atom is 0.465 e. The lowest BCUT2D eigenvalue weighted by molar-refractivity contribution is -0.270. The zero-order chi connectivity index (χ0) is 39.9. The highest BCUT2D eigenvalue weighted by Gasteiger charge is 2.60. The van der Waals surface area contributed by atoms with Crippen molar-refractivity contribution in [2.24, 2.45) is 57.7 Å². The number of fused-ring (bicyclic) bond motifs is 2. The number of ketones is 1. The topological polar surface area (TPSA) is 186 Å². The second-order valence-electron chi connectivity index (χ2n) is 18.7.